The summed E-state index contributed by atoms with van der Waals surface area (Å²) in [6.07, 6.45) is 8.19. The minimum absolute atomic E-state index is 0.228. The summed E-state index contributed by atoms with van der Waals surface area (Å²) in [6, 6.07) is 0. The van der Waals surface area contributed by atoms with E-state index in [4.69, 9.17) is 9.47 Å². The van der Waals surface area contributed by atoms with E-state index in [9.17, 15) is 0 Å². The molecule has 0 aromatic carbocycles. The van der Waals surface area contributed by atoms with Crippen molar-refractivity contribution in [1.29, 1.82) is 0 Å². The first-order valence-corrected chi connectivity index (χ1v) is 7.48. The molecule has 2 heteroatoms. The minimum atomic E-state index is -0.457. The van der Waals surface area contributed by atoms with Gasteiger partial charge in [0.05, 0.1) is 6.61 Å². The Morgan fingerprint density at radius 3 is 2.28 bits per heavy atom. The maximum Gasteiger partial charge on any atom is 0.164 e. The topological polar surface area (TPSA) is 18.5 Å². The molecule has 0 radical (unpaired) electrons. The minimum Gasteiger partial charge on any atom is -0.347 e. The highest BCUT2D eigenvalue weighted by Crippen LogP contribution is 2.40. The lowest BCUT2D eigenvalue weighted by Gasteiger charge is -2.31. The van der Waals surface area contributed by atoms with Gasteiger partial charge in [-0.1, -0.05) is 46.1 Å². The standard InChI is InChI=1S/C16H30O2/c1-6-8-10-12-16(14(3)11-9-7-2)13-17-15(4,5)18-16/h3,6-13H2,1-2,4-5H3. The number of hydrogen-bond donors (Lipinski definition) is 0. The first-order chi connectivity index (χ1) is 8.46. The quantitative estimate of drug-likeness (QED) is 0.456. The van der Waals surface area contributed by atoms with Gasteiger partial charge in [-0.3, -0.25) is 0 Å². The van der Waals surface area contributed by atoms with E-state index in [0.717, 1.165) is 12.8 Å². The zero-order valence-corrected chi connectivity index (χ0v) is 12.7. The molecule has 1 rings (SSSR count). The number of unbranched alkanes of at least 4 members (excludes halogenated alkanes) is 3. The molecule has 0 saturated carbocycles. The van der Waals surface area contributed by atoms with Crippen molar-refractivity contribution in [2.75, 3.05) is 6.61 Å². The van der Waals surface area contributed by atoms with Gasteiger partial charge < -0.3 is 9.47 Å². The Hall–Kier alpha value is -0.340. The normalized spacial score (nSPS) is 26.4. The van der Waals surface area contributed by atoms with Crippen LogP contribution in [0.1, 0.15) is 72.6 Å². The molecule has 0 aliphatic carbocycles. The van der Waals surface area contributed by atoms with E-state index in [-0.39, 0.29) is 5.60 Å². The molecule has 106 valence electrons. The van der Waals surface area contributed by atoms with Gasteiger partial charge in [-0.15, -0.1) is 0 Å². The van der Waals surface area contributed by atoms with E-state index in [1.165, 1.54) is 37.7 Å². The van der Waals surface area contributed by atoms with Gasteiger partial charge in [0.1, 0.15) is 5.60 Å². The Kier molecular flexibility index (Phi) is 5.87. The second kappa shape index (κ2) is 6.72. The molecule has 2 nitrogen and oxygen atoms in total. The smallest absolute Gasteiger partial charge is 0.164 e. The summed E-state index contributed by atoms with van der Waals surface area (Å²) in [7, 11) is 0. The van der Waals surface area contributed by atoms with Gasteiger partial charge in [0.25, 0.3) is 0 Å². The molecule has 0 aromatic rings. The highest BCUT2D eigenvalue weighted by atomic mass is 16.8. The van der Waals surface area contributed by atoms with Crippen molar-refractivity contribution in [3.8, 4) is 0 Å². The number of rotatable bonds is 8. The predicted octanol–water partition coefficient (Wildman–Crippen LogP) is 4.83. The SMILES string of the molecule is C=C(CCCC)C1(CCCCC)COC(C)(C)O1. The summed E-state index contributed by atoms with van der Waals surface area (Å²) >= 11 is 0. The molecule has 1 atom stereocenters. The van der Waals surface area contributed by atoms with Crippen molar-refractivity contribution < 1.29 is 9.47 Å². The van der Waals surface area contributed by atoms with Crippen LogP contribution in [0, 0.1) is 0 Å². The van der Waals surface area contributed by atoms with Crippen LogP contribution in [0.15, 0.2) is 12.2 Å². The Labute approximate surface area is 113 Å². The molecule has 0 spiro atoms. The summed E-state index contributed by atoms with van der Waals surface area (Å²) < 4.78 is 12.0. The molecule has 1 aliphatic heterocycles. The van der Waals surface area contributed by atoms with E-state index < -0.39 is 5.79 Å². The lowest BCUT2D eigenvalue weighted by Crippen LogP contribution is -2.36. The fourth-order valence-electron chi connectivity index (χ4n) is 2.57. The molecule has 0 amide bonds. The average molecular weight is 254 g/mol. The Balaban J connectivity index is 2.66. The van der Waals surface area contributed by atoms with Gasteiger partial charge in [0, 0.05) is 0 Å². The highest BCUT2D eigenvalue weighted by Gasteiger charge is 2.46. The first kappa shape index (κ1) is 15.7. The second-order valence-corrected chi connectivity index (χ2v) is 5.95. The molecule has 1 aliphatic rings. The van der Waals surface area contributed by atoms with Gasteiger partial charge in [-0.25, -0.2) is 0 Å². The third kappa shape index (κ3) is 4.10. The summed E-state index contributed by atoms with van der Waals surface area (Å²) in [5, 5.41) is 0. The van der Waals surface area contributed by atoms with Crippen molar-refractivity contribution in [2.45, 2.75) is 84.0 Å². The van der Waals surface area contributed by atoms with Crippen molar-refractivity contribution in [3.63, 3.8) is 0 Å². The molecule has 0 bridgehead atoms. The Morgan fingerprint density at radius 1 is 1.11 bits per heavy atom. The Bertz CT molecular complexity index is 270. The molecule has 1 fully saturated rings. The van der Waals surface area contributed by atoms with E-state index in [2.05, 4.69) is 20.4 Å². The second-order valence-electron chi connectivity index (χ2n) is 5.95. The van der Waals surface area contributed by atoms with Crippen LogP contribution < -0.4 is 0 Å². The summed E-state index contributed by atoms with van der Waals surface area (Å²) in [5.41, 5.74) is 0.999. The van der Waals surface area contributed by atoms with Crippen molar-refractivity contribution in [2.24, 2.45) is 0 Å². The van der Waals surface area contributed by atoms with E-state index >= 15 is 0 Å². The van der Waals surface area contributed by atoms with Crippen LogP contribution in [0.2, 0.25) is 0 Å². The fraction of sp³-hybridized carbons (Fsp3) is 0.875. The van der Waals surface area contributed by atoms with Crippen molar-refractivity contribution in [1.82, 2.24) is 0 Å². The van der Waals surface area contributed by atoms with Crippen LogP contribution >= 0.6 is 0 Å². The van der Waals surface area contributed by atoms with Crippen LogP contribution in [0.25, 0.3) is 0 Å². The van der Waals surface area contributed by atoms with Crippen LogP contribution in [0.4, 0.5) is 0 Å². The van der Waals surface area contributed by atoms with Crippen LogP contribution in [-0.2, 0) is 9.47 Å². The largest absolute Gasteiger partial charge is 0.347 e. The van der Waals surface area contributed by atoms with Crippen LogP contribution in [0.5, 0.6) is 0 Å². The molecular formula is C16H30O2. The van der Waals surface area contributed by atoms with E-state index in [1.54, 1.807) is 0 Å². The maximum atomic E-state index is 6.22. The zero-order chi connectivity index (χ0) is 13.6. The summed E-state index contributed by atoms with van der Waals surface area (Å²) in [6.45, 7) is 13.4. The average Bonchev–Trinajstić information content (AvgIpc) is 2.64. The van der Waals surface area contributed by atoms with Gasteiger partial charge in [0.2, 0.25) is 0 Å². The van der Waals surface area contributed by atoms with Gasteiger partial charge >= 0.3 is 0 Å². The summed E-state index contributed by atoms with van der Waals surface area (Å²) in [5.74, 6) is -0.457. The monoisotopic (exact) mass is 254 g/mol. The van der Waals surface area contributed by atoms with E-state index in [0.29, 0.717) is 6.61 Å². The summed E-state index contributed by atoms with van der Waals surface area (Å²) in [4.78, 5) is 0. The molecule has 18 heavy (non-hydrogen) atoms. The maximum absolute atomic E-state index is 6.22. The lowest BCUT2D eigenvalue weighted by molar-refractivity contribution is -0.155. The fourth-order valence-corrected chi connectivity index (χ4v) is 2.57. The third-order valence-electron chi connectivity index (χ3n) is 3.75. The van der Waals surface area contributed by atoms with Crippen LogP contribution in [-0.4, -0.2) is 18.0 Å². The van der Waals surface area contributed by atoms with Crippen LogP contribution in [0.3, 0.4) is 0 Å². The zero-order valence-electron chi connectivity index (χ0n) is 12.7. The number of ether oxygens (including phenoxy) is 2. The lowest BCUT2D eigenvalue weighted by atomic mass is 9.86. The Morgan fingerprint density at radius 2 is 1.78 bits per heavy atom. The molecule has 1 heterocycles. The number of hydrogen-bond acceptors (Lipinski definition) is 2. The predicted molar refractivity (Wildman–Crippen MR) is 76.7 cm³/mol. The molecule has 0 aromatic heterocycles. The molecular weight excluding hydrogens is 224 g/mol. The van der Waals surface area contributed by atoms with Crippen molar-refractivity contribution >= 4 is 0 Å². The van der Waals surface area contributed by atoms with Gasteiger partial charge in [0.15, 0.2) is 5.79 Å². The molecule has 1 unspecified atom stereocenters. The molecule has 0 N–H and O–H groups in total. The highest BCUT2D eigenvalue weighted by molar-refractivity contribution is 5.16. The van der Waals surface area contributed by atoms with Gasteiger partial charge in [-0.05, 0) is 38.7 Å². The third-order valence-corrected chi connectivity index (χ3v) is 3.75. The molecule has 1 saturated heterocycles. The van der Waals surface area contributed by atoms with Crippen molar-refractivity contribution in [3.05, 3.63) is 12.2 Å². The van der Waals surface area contributed by atoms with E-state index in [1.807, 2.05) is 13.8 Å². The first-order valence-electron chi connectivity index (χ1n) is 7.48. The van der Waals surface area contributed by atoms with Gasteiger partial charge in [-0.2, -0.15) is 0 Å².